The fraction of sp³-hybridized carbons (Fsp3) is 0.333. The Morgan fingerprint density at radius 1 is 1.57 bits per heavy atom. The highest BCUT2D eigenvalue weighted by Gasteiger charge is 2.08. The van der Waals surface area contributed by atoms with Crippen molar-refractivity contribution in [2.24, 2.45) is 0 Å². The maximum atomic E-state index is 10.4. The number of aromatic nitrogens is 1. The molecule has 2 N–H and O–H groups in total. The first-order chi connectivity index (χ1) is 6.20. The number of pyridine rings is 1. The molecular formula is C9H13ClN2O2. The topological polar surface area (TPSA) is 62.2 Å². The lowest BCUT2D eigenvalue weighted by molar-refractivity contribution is -0.139. The normalized spacial score (nSPS) is 11.5. The third-order valence-corrected chi connectivity index (χ3v) is 1.73. The molecule has 1 aromatic rings. The van der Waals surface area contributed by atoms with Gasteiger partial charge in [-0.05, 0) is 24.6 Å². The average molecular weight is 217 g/mol. The highest BCUT2D eigenvalue weighted by molar-refractivity contribution is 5.85. The lowest BCUT2D eigenvalue weighted by Crippen LogP contribution is -2.33. The van der Waals surface area contributed by atoms with Crippen LogP contribution in [0.2, 0.25) is 0 Å². The van der Waals surface area contributed by atoms with Gasteiger partial charge in [-0.2, -0.15) is 0 Å². The van der Waals surface area contributed by atoms with Crippen LogP contribution in [-0.2, 0) is 11.3 Å². The van der Waals surface area contributed by atoms with Gasteiger partial charge in [-0.1, -0.05) is 0 Å². The summed E-state index contributed by atoms with van der Waals surface area (Å²) in [6.07, 6.45) is 3.37. The van der Waals surface area contributed by atoms with Crippen molar-refractivity contribution in [3.63, 3.8) is 0 Å². The van der Waals surface area contributed by atoms with E-state index in [1.54, 1.807) is 19.3 Å². The minimum atomic E-state index is -0.839. The molecule has 4 nitrogen and oxygen atoms in total. The third kappa shape index (κ3) is 4.20. The number of hydrogen-bond donors (Lipinski definition) is 2. The van der Waals surface area contributed by atoms with E-state index in [2.05, 4.69) is 10.3 Å². The third-order valence-electron chi connectivity index (χ3n) is 1.73. The lowest BCUT2D eigenvalue weighted by atomic mass is 10.2. The van der Waals surface area contributed by atoms with Crippen LogP contribution in [0, 0.1) is 0 Å². The van der Waals surface area contributed by atoms with Gasteiger partial charge in [-0.3, -0.25) is 9.78 Å². The minimum Gasteiger partial charge on any atom is -0.480 e. The molecule has 0 aliphatic heterocycles. The van der Waals surface area contributed by atoms with Crippen molar-refractivity contribution in [1.29, 1.82) is 0 Å². The number of rotatable bonds is 4. The molecule has 5 heteroatoms. The van der Waals surface area contributed by atoms with E-state index < -0.39 is 12.0 Å². The molecule has 1 rings (SSSR count). The maximum absolute atomic E-state index is 10.4. The highest BCUT2D eigenvalue weighted by atomic mass is 35.5. The van der Waals surface area contributed by atoms with Crippen molar-refractivity contribution in [1.82, 2.24) is 10.3 Å². The molecule has 1 atom stereocenters. The van der Waals surface area contributed by atoms with Crippen LogP contribution in [0.3, 0.4) is 0 Å². The van der Waals surface area contributed by atoms with Crippen molar-refractivity contribution < 1.29 is 9.90 Å². The summed E-state index contributed by atoms with van der Waals surface area (Å²) in [6, 6.07) is 3.18. The van der Waals surface area contributed by atoms with E-state index in [1.807, 2.05) is 12.1 Å². The standard InChI is InChI=1S/C9H12N2O2.ClH/c1-7(9(12)13)11-6-8-2-4-10-5-3-8;/h2-5,7,11H,6H2,1H3,(H,12,13);1H/t7-;/m0./s1. The monoisotopic (exact) mass is 216 g/mol. The fourth-order valence-corrected chi connectivity index (χ4v) is 0.859. The SMILES string of the molecule is C[C@H](NCc1ccncc1)C(=O)O.Cl. The predicted octanol–water partition coefficient (Wildman–Crippen LogP) is 1.07. The van der Waals surface area contributed by atoms with E-state index in [-0.39, 0.29) is 12.4 Å². The van der Waals surface area contributed by atoms with Gasteiger partial charge in [0.05, 0.1) is 0 Å². The van der Waals surface area contributed by atoms with Gasteiger partial charge in [0, 0.05) is 18.9 Å². The Hall–Kier alpha value is -1.13. The molecular weight excluding hydrogens is 204 g/mol. The van der Waals surface area contributed by atoms with Gasteiger partial charge in [-0.15, -0.1) is 12.4 Å². The molecule has 1 heterocycles. The van der Waals surface area contributed by atoms with Gasteiger partial charge in [0.2, 0.25) is 0 Å². The molecule has 0 fully saturated rings. The van der Waals surface area contributed by atoms with Crippen molar-refractivity contribution in [3.8, 4) is 0 Å². The first-order valence-corrected chi connectivity index (χ1v) is 4.05. The maximum Gasteiger partial charge on any atom is 0.320 e. The molecule has 1 aromatic heterocycles. The van der Waals surface area contributed by atoms with E-state index in [4.69, 9.17) is 5.11 Å². The first kappa shape index (κ1) is 12.9. The molecule has 0 aliphatic rings. The van der Waals surface area contributed by atoms with Crippen molar-refractivity contribution >= 4 is 18.4 Å². The van der Waals surface area contributed by atoms with E-state index in [9.17, 15) is 4.79 Å². The second-order valence-corrected chi connectivity index (χ2v) is 2.80. The summed E-state index contributed by atoms with van der Waals surface area (Å²) < 4.78 is 0. The Labute approximate surface area is 88.8 Å². The zero-order valence-electron chi connectivity index (χ0n) is 7.80. The molecule has 0 saturated heterocycles. The van der Waals surface area contributed by atoms with Crippen LogP contribution in [0.4, 0.5) is 0 Å². The quantitative estimate of drug-likeness (QED) is 0.790. The summed E-state index contributed by atoms with van der Waals surface area (Å²) >= 11 is 0. The van der Waals surface area contributed by atoms with E-state index in [1.165, 1.54) is 0 Å². The summed E-state index contributed by atoms with van der Waals surface area (Å²) in [5, 5.41) is 11.5. The van der Waals surface area contributed by atoms with Crippen molar-refractivity contribution in [2.75, 3.05) is 0 Å². The molecule has 78 valence electrons. The Kier molecular flexibility index (Phi) is 5.83. The van der Waals surface area contributed by atoms with Crippen LogP contribution in [0.15, 0.2) is 24.5 Å². The van der Waals surface area contributed by atoms with Crippen LogP contribution < -0.4 is 5.32 Å². The van der Waals surface area contributed by atoms with Gasteiger partial charge >= 0.3 is 5.97 Å². The number of hydrogen-bond acceptors (Lipinski definition) is 3. The largest absolute Gasteiger partial charge is 0.480 e. The number of halogens is 1. The van der Waals surface area contributed by atoms with Gasteiger partial charge in [0.25, 0.3) is 0 Å². The summed E-state index contributed by atoms with van der Waals surface area (Å²) in [5.41, 5.74) is 1.03. The predicted molar refractivity (Wildman–Crippen MR) is 55.4 cm³/mol. The number of carboxylic acids is 1. The molecule has 0 saturated carbocycles. The van der Waals surface area contributed by atoms with E-state index >= 15 is 0 Å². The molecule has 0 aliphatic carbocycles. The lowest BCUT2D eigenvalue weighted by Gasteiger charge is -2.08. The molecule has 0 bridgehead atoms. The summed E-state index contributed by atoms with van der Waals surface area (Å²) in [6.45, 7) is 2.17. The molecule has 0 spiro atoms. The number of nitrogens with one attached hydrogen (secondary N) is 1. The second kappa shape index (κ2) is 6.34. The van der Waals surface area contributed by atoms with E-state index in [0.717, 1.165) is 5.56 Å². The van der Waals surface area contributed by atoms with E-state index in [0.29, 0.717) is 6.54 Å². The molecule has 0 radical (unpaired) electrons. The van der Waals surface area contributed by atoms with Crippen molar-refractivity contribution in [3.05, 3.63) is 30.1 Å². The Morgan fingerprint density at radius 3 is 2.64 bits per heavy atom. The molecule has 0 aromatic carbocycles. The van der Waals surface area contributed by atoms with Gasteiger partial charge in [0.1, 0.15) is 6.04 Å². The Bertz CT molecular complexity index is 279. The van der Waals surface area contributed by atoms with Gasteiger partial charge in [0.15, 0.2) is 0 Å². The van der Waals surface area contributed by atoms with Crippen LogP contribution in [0.1, 0.15) is 12.5 Å². The minimum absolute atomic E-state index is 0. The van der Waals surface area contributed by atoms with Crippen LogP contribution in [0.25, 0.3) is 0 Å². The Balaban J connectivity index is 0.00000169. The number of carbonyl (C=O) groups is 1. The number of aliphatic carboxylic acids is 1. The zero-order valence-corrected chi connectivity index (χ0v) is 8.62. The number of carboxylic acid groups (broad SMARTS) is 1. The highest BCUT2D eigenvalue weighted by Crippen LogP contribution is 1.95. The smallest absolute Gasteiger partial charge is 0.320 e. The molecule has 0 amide bonds. The average Bonchev–Trinajstić information content (AvgIpc) is 2.15. The second-order valence-electron chi connectivity index (χ2n) is 2.80. The summed E-state index contributed by atoms with van der Waals surface area (Å²) in [5.74, 6) is -0.839. The summed E-state index contributed by atoms with van der Waals surface area (Å²) in [4.78, 5) is 14.3. The molecule has 14 heavy (non-hydrogen) atoms. The van der Waals surface area contributed by atoms with Crippen LogP contribution >= 0.6 is 12.4 Å². The zero-order chi connectivity index (χ0) is 9.68. The van der Waals surface area contributed by atoms with Gasteiger partial charge in [-0.25, -0.2) is 0 Å². The van der Waals surface area contributed by atoms with Gasteiger partial charge < -0.3 is 10.4 Å². The van der Waals surface area contributed by atoms with Crippen molar-refractivity contribution in [2.45, 2.75) is 19.5 Å². The number of nitrogens with zero attached hydrogens (tertiary/aromatic N) is 1. The Morgan fingerprint density at radius 2 is 2.14 bits per heavy atom. The van der Waals surface area contributed by atoms with Crippen LogP contribution in [0.5, 0.6) is 0 Å². The fourth-order valence-electron chi connectivity index (χ4n) is 0.859. The first-order valence-electron chi connectivity index (χ1n) is 4.05. The molecule has 0 unspecified atom stereocenters. The summed E-state index contributed by atoms with van der Waals surface area (Å²) in [7, 11) is 0. The van der Waals surface area contributed by atoms with Crippen LogP contribution in [-0.4, -0.2) is 22.1 Å².